The molecule has 2 bridgehead atoms. The van der Waals surface area contributed by atoms with Crippen molar-refractivity contribution in [3.8, 4) is 0 Å². The van der Waals surface area contributed by atoms with Crippen LogP contribution in [0.25, 0.3) is 0 Å². The number of fused-ring (bicyclic) bond motifs is 6. The van der Waals surface area contributed by atoms with E-state index < -0.39 is 11.7 Å². The van der Waals surface area contributed by atoms with Crippen molar-refractivity contribution in [2.75, 3.05) is 0 Å². The maximum Gasteiger partial charge on any atom is 0.416 e. The van der Waals surface area contributed by atoms with Crippen LogP contribution in [-0.4, -0.2) is 22.8 Å². The first-order valence-electron chi connectivity index (χ1n) is 8.55. The first kappa shape index (κ1) is 15.6. The zero-order chi connectivity index (χ0) is 18.2. The molecule has 6 heteroatoms. The molecule has 2 aromatic carbocycles. The Morgan fingerprint density at radius 2 is 1.54 bits per heavy atom. The topological polar surface area (TPSA) is 37.4 Å². The van der Waals surface area contributed by atoms with Crippen LogP contribution in [0.3, 0.4) is 0 Å². The molecule has 26 heavy (non-hydrogen) atoms. The van der Waals surface area contributed by atoms with Gasteiger partial charge in [-0.1, -0.05) is 24.3 Å². The van der Waals surface area contributed by atoms with Gasteiger partial charge in [0.05, 0.1) is 16.7 Å². The lowest BCUT2D eigenvalue weighted by molar-refractivity contribution is -0.138. The van der Waals surface area contributed by atoms with Crippen LogP contribution in [0.15, 0.2) is 42.5 Å². The Hall–Kier alpha value is -2.63. The fourth-order valence-corrected chi connectivity index (χ4v) is 4.99. The van der Waals surface area contributed by atoms with Gasteiger partial charge < -0.3 is 0 Å². The first-order valence-corrected chi connectivity index (χ1v) is 8.55. The number of halogens is 3. The highest BCUT2D eigenvalue weighted by Gasteiger charge is 2.53. The summed E-state index contributed by atoms with van der Waals surface area (Å²) in [5.74, 6) is -1.16. The van der Waals surface area contributed by atoms with Gasteiger partial charge in [-0.25, -0.2) is 0 Å². The van der Waals surface area contributed by atoms with Crippen LogP contribution in [0, 0.1) is 0 Å². The van der Waals surface area contributed by atoms with Crippen LogP contribution >= 0.6 is 0 Å². The van der Waals surface area contributed by atoms with Crippen molar-refractivity contribution in [1.82, 2.24) is 4.90 Å². The molecule has 1 saturated carbocycles. The molecule has 3 aliphatic rings. The van der Waals surface area contributed by atoms with Crippen molar-refractivity contribution in [3.63, 3.8) is 0 Å². The number of nitrogens with zero attached hydrogens (tertiary/aromatic N) is 1. The van der Waals surface area contributed by atoms with Crippen LogP contribution in [-0.2, 0) is 6.18 Å². The molecule has 1 fully saturated rings. The Bertz CT molecular complexity index is 931. The molecule has 0 aromatic heterocycles. The monoisotopic (exact) mass is 357 g/mol. The highest BCUT2D eigenvalue weighted by atomic mass is 19.4. The summed E-state index contributed by atoms with van der Waals surface area (Å²) in [5.41, 5.74) is 1.17. The van der Waals surface area contributed by atoms with Gasteiger partial charge in [-0.15, -0.1) is 0 Å². The Morgan fingerprint density at radius 3 is 2.15 bits per heavy atom. The Labute approximate surface area is 147 Å². The van der Waals surface area contributed by atoms with E-state index in [1.165, 1.54) is 11.0 Å². The van der Waals surface area contributed by atoms with Crippen LogP contribution in [0.4, 0.5) is 13.2 Å². The minimum atomic E-state index is -4.39. The third-order valence-corrected chi connectivity index (χ3v) is 5.94. The second-order valence-electron chi connectivity index (χ2n) is 7.17. The molecule has 1 heterocycles. The fraction of sp³-hybridized carbons (Fsp3) is 0.300. The molecule has 0 radical (unpaired) electrons. The smallest absolute Gasteiger partial charge is 0.271 e. The highest BCUT2D eigenvalue weighted by molar-refractivity contribution is 6.21. The molecular formula is C20H14F3NO2. The van der Waals surface area contributed by atoms with Crippen LogP contribution < -0.4 is 0 Å². The molecule has 1 aliphatic heterocycles. The van der Waals surface area contributed by atoms with Gasteiger partial charge in [-0.3, -0.25) is 14.5 Å². The summed E-state index contributed by atoms with van der Waals surface area (Å²) in [4.78, 5) is 26.7. The van der Waals surface area contributed by atoms with Crippen molar-refractivity contribution in [3.05, 3.63) is 70.3 Å². The molecule has 132 valence electrons. The molecule has 0 N–H and O–H groups in total. The average molecular weight is 357 g/mol. The molecule has 0 unspecified atom stereocenters. The lowest BCUT2D eigenvalue weighted by atomic mass is 9.84. The highest BCUT2D eigenvalue weighted by Crippen LogP contribution is 2.58. The lowest BCUT2D eigenvalue weighted by Crippen LogP contribution is -2.42. The van der Waals surface area contributed by atoms with Crippen molar-refractivity contribution >= 4 is 11.8 Å². The summed E-state index contributed by atoms with van der Waals surface area (Å²) in [6, 6.07) is 10.5. The third kappa shape index (κ3) is 1.90. The normalized spacial score (nSPS) is 26.4. The van der Waals surface area contributed by atoms with E-state index in [1.54, 1.807) is 30.3 Å². The molecule has 3 atom stereocenters. The Morgan fingerprint density at radius 1 is 0.885 bits per heavy atom. The van der Waals surface area contributed by atoms with Gasteiger partial charge in [0.25, 0.3) is 11.8 Å². The molecule has 2 amide bonds. The summed E-state index contributed by atoms with van der Waals surface area (Å²) < 4.78 is 40.1. The number of hydrogen-bond donors (Lipinski definition) is 0. The number of carbonyl (C=O) groups excluding carboxylic acids is 2. The van der Waals surface area contributed by atoms with Crippen molar-refractivity contribution < 1.29 is 22.8 Å². The lowest BCUT2D eigenvalue weighted by Gasteiger charge is -2.32. The van der Waals surface area contributed by atoms with Crippen LogP contribution in [0.1, 0.15) is 62.1 Å². The number of amides is 2. The number of benzene rings is 2. The Kier molecular flexibility index (Phi) is 2.98. The van der Waals surface area contributed by atoms with E-state index in [-0.39, 0.29) is 29.7 Å². The predicted octanol–water partition coefficient (Wildman–Crippen LogP) is 4.34. The Balaban J connectivity index is 1.55. The minimum absolute atomic E-state index is 0.223. The minimum Gasteiger partial charge on any atom is -0.271 e. The van der Waals surface area contributed by atoms with Gasteiger partial charge in [0.1, 0.15) is 0 Å². The quantitative estimate of drug-likeness (QED) is 0.712. The predicted molar refractivity (Wildman–Crippen MR) is 86.9 cm³/mol. The number of imide groups is 1. The van der Waals surface area contributed by atoms with Crippen LogP contribution in [0.5, 0.6) is 0 Å². The number of hydrogen-bond acceptors (Lipinski definition) is 2. The molecular weight excluding hydrogens is 343 g/mol. The zero-order valence-electron chi connectivity index (χ0n) is 13.6. The second kappa shape index (κ2) is 4.96. The van der Waals surface area contributed by atoms with Gasteiger partial charge in [-0.05, 0) is 48.1 Å². The van der Waals surface area contributed by atoms with Gasteiger partial charge in [0.15, 0.2) is 0 Å². The summed E-state index contributed by atoms with van der Waals surface area (Å²) in [6.45, 7) is 0. The molecule has 2 aromatic rings. The van der Waals surface area contributed by atoms with E-state index in [2.05, 4.69) is 0 Å². The van der Waals surface area contributed by atoms with E-state index in [4.69, 9.17) is 0 Å². The van der Waals surface area contributed by atoms with E-state index in [0.29, 0.717) is 35.1 Å². The molecule has 0 spiro atoms. The molecule has 3 nitrogen and oxygen atoms in total. The SMILES string of the molecule is O=C1c2ccccc2C(=O)N1[C@H]1C[C@@H]2C[C@H]1c1cccc(C(F)(F)F)c12. The van der Waals surface area contributed by atoms with E-state index in [9.17, 15) is 22.8 Å². The van der Waals surface area contributed by atoms with E-state index in [1.807, 2.05) is 0 Å². The van der Waals surface area contributed by atoms with E-state index in [0.717, 1.165) is 6.07 Å². The first-order chi connectivity index (χ1) is 12.4. The number of alkyl halides is 3. The van der Waals surface area contributed by atoms with Crippen molar-refractivity contribution in [2.24, 2.45) is 0 Å². The third-order valence-electron chi connectivity index (χ3n) is 5.94. The van der Waals surface area contributed by atoms with E-state index >= 15 is 0 Å². The van der Waals surface area contributed by atoms with Gasteiger partial charge in [0, 0.05) is 12.0 Å². The maximum absolute atomic E-state index is 13.4. The van der Waals surface area contributed by atoms with Crippen molar-refractivity contribution in [2.45, 2.75) is 36.9 Å². The molecule has 2 aliphatic carbocycles. The number of carbonyl (C=O) groups is 2. The average Bonchev–Trinajstić information content (AvgIpc) is 3.26. The maximum atomic E-state index is 13.4. The molecule has 0 saturated heterocycles. The van der Waals surface area contributed by atoms with Gasteiger partial charge in [-0.2, -0.15) is 13.2 Å². The largest absolute Gasteiger partial charge is 0.416 e. The summed E-state index contributed by atoms with van der Waals surface area (Å²) in [7, 11) is 0. The zero-order valence-corrected chi connectivity index (χ0v) is 13.6. The molecule has 5 rings (SSSR count). The standard InChI is InChI=1S/C20H14F3NO2/c21-20(22,23)15-7-3-6-11-14-8-10(17(11)15)9-16(14)24-18(25)12-4-1-2-5-13(12)19(24)26/h1-7,10,14,16H,8-9H2/t10-,14-,16-/m0/s1. The number of rotatable bonds is 1. The van der Waals surface area contributed by atoms with Crippen LogP contribution in [0.2, 0.25) is 0 Å². The summed E-state index contributed by atoms with van der Waals surface area (Å²) in [6.07, 6.45) is -3.43. The van der Waals surface area contributed by atoms with Gasteiger partial charge >= 0.3 is 6.18 Å². The fourth-order valence-electron chi connectivity index (χ4n) is 4.99. The van der Waals surface area contributed by atoms with Gasteiger partial charge in [0.2, 0.25) is 0 Å². The summed E-state index contributed by atoms with van der Waals surface area (Å²) >= 11 is 0. The second-order valence-corrected chi connectivity index (χ2v) is 7.17. The van der Waals surface area contributed by atoms with Crippen molar-refractivity contribution in [1.29, 1.82) is 0 Å². The summed E-state index contributed by atoms with van der Waals surface area (Å²) in [5, 5.41) is 0.